The summed E-state index contributed by atoms with van der Waals surface area (Å²) >= 11 is 0. The highest BCUT2D eigenvalue weighted by Gasteiger charge is 1.95. The van der Waals surface area contributed by atoms with Gasteiger partial charge < -0.3 is 11.1 Å². The molecule has 17 heavy (non-hydrogen) atoms. The summed E-state index contributed by atoms with van der Waals surface area (Å²) in [6.45, 7) is 3.58. The first kappa shape index (κ1) is 16.4. The zero-order valence-corrected chi connectivity index (χ0v) is 11.5. The lowest BCUT2D eigenvalue weighted by molar-refractivity contribution is -0.120. The number of amides is 1. The van der Waals surface area contributed by atoms with Crippen LogP contribution in [0.4, 0.5) is 0 Å². The van der Waals surface area contributed by atoms with Gasteiger partial charge in [0.1, 0.15) is 0 Å². The van der Waals surface area contributed by atoms with Gasteiger partial charge in [0.15, 0.2) is 0 Å². The smallest absolute Gasteiger partial charge is 0.219 e. The first-order valence-electron chi connectivity index (χ1n) is 7.28. The van der Waals surface area contributed by atoms with E-state index in [4.69, 9.17) is 5.73 Å². The largest absolute Gasteiger partial charge is 0.356 e. The van der Waals surface area contributed by atoms with Crippen molar-refractivity contribution >= 4 is 5.91 Å². The molecule has 0 aliphatic heterocycles. The second-order valence-corrected chi connectivity index (χ2v) is 4.67. The third-order valence-electron chi connectivity index (χ3n) is 3.02. The number of nitrogens with one attached hydrogen (secondary N) is 1. The fourth-order valence-corrected chi connectivity index (χ4v) is 1.86. The molecule has 102 valence electrons. The molecule has 0 unspecified atom stereocenters. The standard InChI is InChI=1S/C14H30N2O/c1-2-14(17)16-13-11-9-7-5-3-4-6-8-10-12-15/h2-13,15H2,1H3,(H,16,17). The number of hydrogen-bond acceptors (Lipinski definition) is 2. The van der Waals surface area contributed by atoms with Crippen molar-refractivity contribution in [3.8, 4) is 0 Å². The molecule has 3 heteroatoms. The molecule has 0 spiro atoms. The Morgan fingerprint density at radius 1 is 0.882 bits per heavy atom. The van der Waals surface area contributed by atoms with Crippen molar-refractivity contribution < 1.29 is 4.79 Å². The predicted octanol–water partition coefficient (Wildman–Crippen LogP) is 2.98. The molecular weight excluding hydrogens is 212 g/mol. The molecule has 0 aliphatic carbocycles. The zero-order chi connectivity index (χ0) is 12.8. The van der Waals surface area contributed by atoms with Gasteiger partial charge in [0, 0.05) is 13.0 Å². The Morgan fingerprint density at radius 3 is 1.82 bits per heavy atom. The van der Waals surface area contributed by atoms with E-state index in [9.17, 15) is 4.79 Å². The highest BCUT2D eigenvalue weighted by Crippen LogP contribution is 2.09. The van der Waals surface area contributed by atoms with Crippen LogP contribution in [0.3, 0.4) is 0 Å². The van der Waals surface area contributed by atoms with E-state index >= 15 is 0 Å². The van der Waals surface area contributed by atoms with Gasteiger partial charge in [-0.1, -0.05) is 51.9 Å². The molecule has 0 fully saturated rings. The molecule has 0 rings (SSSR count). The van der Waals surface area contributed by atoms with Gasteiger partial charge in [-0.15, -0.1) is 0 Å². The van der Waals surface area contributed by atoms with Crippen molar-refractivity contribution in [1.29, 1.82) is 0 Å². The third-order valence-corrected chi connectivity index (χ3v) is 3.02. The molecule has 0 atom stereocenters. The van der Waals surface area contributed by atoms with Crippen LogP contribution in [0, 0.1) is 0 Å². The van der Waals surface area contributed by atoms with Gasteiger partial charge >= 0.3 is 0 Å². The first-order valence-corrected chi connectivity index (χ1v) is 7.28. The maximum atomic E-state index is 11.0. The van der Waals surface area contributed by atoms with Crippen LogP contribution in [0.15, 0.2) is 0 Å². The van der Waals surface area contributed by atoms with Crippen LogP contribution in [-0.4, -0.2) is 19.0 Å². The Balaban J connectivity index is 2.96. The third kappa shape index (κ3) is 13.4. The van der Waals surface area contributed by atoms with Crippen molar-refractivity contribution in [2.75, 3.05) is 13.1 Å². The second-order valence-electron chi connectivity index (χ2n) is 4.67. The number of rotatable bonds is 12. The minimum atomic E-state index is 0.171. The van der Waals surface area contributed by atoms with Gasteiger partial charge in [0.25, 0.3) is 0 Å². The SMILES string of the molecule is CCC(=O)NCCCCCCCCCCCN. The second kappa shape index (κ2) is 13.5. The fraction of sp³-hybridized carbons (Fsp3) is 0.929. The van der Waals surface area contributed by atoms with Crippen molar-refractivity contribution in [2.24, 2.45) is 5.73 Å². The molecule has 3 N–H and O–H groups in total. The number of unbranched alkanes of at least 4 members (excludes halogenated alkanes) is 8. The van der Waals surface area contributed by atoms with Gasteiger partial charge in [0.05, 0.1) is 0 Å². The molecule has 0 radical (unpaired) electrons. The lowest BCUT2D eigenvalue weighted by Crippen LogP contribution is -2.23. The van der Waals surface area contributed by atoms with E-state index in [1.807, 2.05) is 6.92 Å². The molecule has 0 aromatic heterocycles. The maximum absolute atomic E-state index is 11.0. The number of carbonyl (C=O) groups excluding carboxylic acids is 1. The van der Waals surface area contributed by atoms with Gasteiger partial charge in [-0.25, -0.2) is 0 Å². The lowest BCUT2D eigenvalue weighted by atomic mass is 10.1. The highest BCUT2D eigenvalue weighted by molar-refractivity contribution is 5.75. The van der Waals surface area contributed by atoms with E-state index in [0.29, 0.717) is 6.42 Å². The normalized spacial score (nSPS) is 10.5. The van der Waals surface area contributed by atoms with E-state index in [-0.39, 0.29) is 5.91 Å². The van der Waals surface area contributed by atoms with E-state index < -0.39 is 0 Å². The van der Waals surface area contributed by atoms with Crippen molar-refractivity contribution in [3.05, 3.63) is 0 Å². The predicted molar refractivity (Wildman–Crippen MR) is 73.9 cm³/mol. The molecule has 0 aromatic carbocycles. The maximum Gasteiger partial charge on any atom is 0.219 e. The van der Waals surface area contributed by atoms with Crippen molar-refractivity contribution in [1.82, 2.24) is 5.32 Å². The number of carbonyl (C=O) groups is 1. The monoisotopic (exact) mass is 242 g/mol. The molecule has 0 saturated carbocycles. The molecule has 3 nitrogen and oxygen atoms in total. The summed E-state index contributed by atoms with van der Waals surface area (Å²) in [4.78, 5) is 11.0. The topological polar surface area (TPSA) is 55.1 Å². The highest BCUT2D eigenvalue weighted by atomic mass is 16.1. The van der Waals surface area contributed by atoms with Crippen molar-refractivity contribution in [2.45, 2.75) is 71.1 Å². The van der Waals surface area contributed by atoms with Gasteiger partial charge in [-0.05, 0) is 19.4 Å². The van der Waals surface area contributed by atoms with E-state index in [1.165, 1.54) is 51.4 Å². The quantitative estimate of drug-likeness (QED) is 0.517. The zero-order valence-electron chi connectivity index (χ0n) is 11.5. The summed E-state index contributed by atoms with van der Waals surface area (Å²) in [7, 11) is 0. The van der Waals surface area contributed by atoms with Crippen molar-refractivity contribution in [3.63, 3.8) is 0 Å². The summed E-state index contributed by atoms with van der Waals surface area (Å²) in [5, 5.41) is 2.91. The molecule has 0 aromatic rings. The Kier molecular flexibility index (Phi) is 13.0. The number of hydrogen-bond donors (Lipinski definition) is 2. The Morgan fingerprint density at radius 2 is 1.35 bits per heavy atom. The summed E-state index contributed by atoms with van der Waals surface area (Å²) < 4.78 is 0. The van der Waals surface area contributed by atoms with Crippen LogP contribution in [0.25, 0.3) is 0 Å². The van der Waals surface area contributed by atoms with Crippen LogP contribution in [0.2, 0.25) is 0 Å². The molecule has 1 amide bonds. The minimum Gasteiger partial charge on any atom is -0.356 e. The Bertz CT molecular complexity index is 172. The summed E-state index contributed by atoms with van der Waals surface area (Å²) in [6, 6.07) is 0. The molecule has 0 saturated heterocycles. The van der Waals surface area contributed by atoms with Crippen LogP contribution < -0.4 is 11.1 Å². The average molecular weight is 242 g/mol. The fourth-order valence-electron chi connectivity index (χ4n) is 1.86. The minimum absolute atomic E-state index is 0.171. The molecule has 0 bridgehead atoms. The summed E-state index contributed by atoms with van der Waals surface area (Å²) in [5.41, 5.74) is 5.44. The van der Waals surface area contributed by atoms with E-state index in [1.54, 1.807) is 0 Å². The first-order chi connectivity index (χ1) is 8.31. The van der Waals surface area contributed by atoms with E-state index in [2.05, 4.69) is 5.32 Å². The molecular formula is C14H30N2O. The summed E-state index contributed by atoms with van der Waals surface area (Å²) in [6.07, 6.45) is 12.1. The van der Waals surface area contributed by atoms with Crippen LogP contribution in [0.5, 0.6) is 0 Å². The van der Waals surface area contributed by atoms with E-state index in [0.717, 1.165) is 19.5 Å². The Labute approximate surface area is 107 Å². The van der Waals surface area contributed by atoms with Crippen LogP contribution in [0.1, 0.15) is 71.1 Å². The number of nitrogens with two attached hydrogens (primary N) is 1. The van der Waals surface area contributed by atoms with Crippen LogP contribution >= 0.6 is 0 Å². The van der Waals surface area contributed by atoms with Gasteiger partial charge in [-0.3, -0.25) is 4.79 Å². The Hall–Kier alpha value is -0.570. The molecule has 0 heterocycles. The van der Waals surface area contributed by atoms with Gasteiger partial charge in [0.2, 0.25) is 5.91 Å². The van der Waals surface area contributed by atoms with Gasteiger partial charge in [-0.2, -0.15) is 0 Å². The lowest BCUT2D eigenvalue weighted by Gasteiger charge is -2.03. The van der Waals surface area contributed by atoms with Crippen LogP contribution in [-0.2, 0) is 4.79 Å². The molecule has 0 aliphatic rings. The summed E-state index contributed by atoms with van der Waals surface area (Å²) in [5.74, 6) is 0.171. The average Bonchev–Trinajstić information content (AvgIpc) is 2.35.